The SMILES string of the molecule is CCC(CC)n1ccc(CC(C)(CC)CNC(C)(C)C)n1. The Labute approximate surface area is 131 Å². The molecule has 1 atom stereocenters. The first-order chi connectivity index (χ1) is 9.73. The summed E-state index contributed by atoms with van der Waals surface area (Å²) < 4.78 is 2.16. The van der Waals surface area contributed by atoms with E-state index in [-0.39, 0.29) is 11.0 Å². The highest BCUT2D eigenvalue weighted by molar-refractivity contribution is 5.04. The van der Waals surface area contributed by atoms with Gasteiger partial charge < -0.3 is 5.32 Å². The maximum atomic E-state index is 4.82. The van der Waals surface area contributed by atoms with E-state index in [1.807, 2.05) is 0 Å². The molecule has 0 aromatic carbocycles. The molecule has 0 fully saturated rings. The van der Waals surface area contributed by atoms with E-state index in [1.54, 1.807) is 0 Å². The van der Waals surface area contributed by atoms with Gasteiger partial charge in [-0.25, -0.2) is 0 Å². The smallest absolute Gasteiger partial charge is 0.0630 e. The van der Waals surface area contributed by atoms with Crippen molar-refractivity contribution < 1.29 is 0 Å². The zero-order chi connectivity index (χ0) is 16.1. The van der Waals surface area contributed by atoms with Crippen LogP contribution in [0.25, 0.3) is 0 Å². The van der Waals surface area contributed by atoms with Crippen LogP contribution in [0.3, 0.4) is 0 Å². The first-order valence-electron chi connectivity index (χ1n) is 8.52. The number of hydrogen-bond donors (Lipinski definition) is 1. The molecule has 0 saturated heterocycles. The average molecular weight is 293 g/mol. The third kappa shape index (κ3) is 5.82. The fourth-order valence-corrected chi connectivity index (χ4v) is 2.57. The van der Waals surface area contributed by atoms with Crippen LogP contribution < -0.4 is 5.32 Å². The zero-order valence-electron chi connectivity index (χ0n) is 15.2. The van der Waals surface area contributed by atoms with Crippen LogP contribution >= 0.6 is 0 Å². The number of rotatable bonds is 8. The summed E-state index contributed by atoms with van der Waals surface area (Å²) in [4.78, 5) is 0. The highest BCUT2D eigenvalue weighted by atomic mass is 15.3. The van der Waals surface area contributed by atoms with E-state index in [4.69, 9.17) is 5.10 Å². The molecule has 1 heterocycles. The van der Waals surface area contributed by atoms with E-state index in [2.05, 4.69) is 70.7 Å². The minimum atomic E-state index is 0.172. The summed E-state index contributed by atoms with van der Waals surface area (Å²) in [5, 5.41) is 8.47. The Kier molecular flexibility index (Phi) is 6.45. The minimum Gasteiger partial charge on any atom is -0.312 e. The molecular formula is C18H35N3. The lowest BCUT2D eigenvalue weighted by molar-refractivity contribution is 0.251. The first-order valence-corrected chi connectivity index (χ1v) is 8.52. The molecule has 0 aliphatic rings. The zero-order valence-corrected chi connectivity index (χ0v) is 15.2. The molecule has 0 saturated carbocycles. The van der Waals surface area contributed by atoms with Gasteiger partial charge in [-0.1, -0.05) is 27.7 Å². The molecule has 1 rings (SSSR count). The normalized spacial score (nSPS) is 15.4. The predicted molar refractivity (Wildman–Crippen MR) is 91.7 cm³/mol. The third-order valence-electron chi connectivity index (χ3n) is 4.49. The Morgan fingerprint density at radius 2 is 1.76 bits per heavy atom. The second-order valence-corrected chi connectivity index (χ2v) is 7.70. The molecule has 3 nitrogen and oxygen atoms in total. The molecule has 1 aromatic heterocycles. The van der Waals surface area contributed by atoms with Crippen molar-refractivity contribution in [3.05, 3.63) is 18.0 Å². The molecule has 21 heavy (non-hydrogen) atoms. The van der Waals surface area contributed by atoms with Gasteiger partial charge in [0.1, 0.15) is 0 Å². The van der Waals surface area contributed by atoms with Crippen molar-refractivity contribution in [1.82, 2.24) is 15.1 Å². The lowest BCUT2D eigenvalue weighted by Gasteiger charge is -2.32. The van der Waals surface area contributed by atoms with Crippen molar-refractivity contribution in [1.29, 1.82) is 0 Å². The fourth-order valence-electron chi connectivity index (χ4n) is 2.57. The summed E-state index contributed by atoms with van der Waals surface area (Å²) in [7, 11) is 0. The van der Waals surface area contributed by atoms with Gasteiger partial charge in [0.2, 0.25) is 0 Å². The van der Waals surface area contributed by atoms with Gasteiger partial charge in [0.25, 0.3) is 0 Å². The van der Waals surface area contributed by atoms with E-state index in [0.29, 0.717) is 6.04 Å². The Morgan fingerprint density at radius 3 is 2.24 bits per heavy atom. The summed E-state index contributed by atoms with van der Waals surface area (Å²) in [5.74, 6) is 0. The van der Waals surface area contributed by atoms with E-state index >= 15 is 0 Å². The third-order valence-corrected chi connectivity index (χ3v) is 4.49. The largest absolute Gasteiger partial charge is 0.312 e. The maximum Gasteiger partial charge on any atom is 0.0630 e. The molecule has 0 radical (unpaired) electrons. The van der Waals surface area contributed by atoms with E-state index in [9.17, 15) is 0 Å². The summed E-state index contributed by atoms with van der Waals surface area (Å²) in [6.07, 6.45) is 6.65. The van der Waals surface area contributed by atoms with Crippen molar-refractivity contribution in [2.45, 2.75) is 85.7 Å². The lowest BCUT2D eigenvalue weighted by Crippen LogP contribution is -2.43. The van der Waals surface area contributed by atoms with Crippen molar-refractivity contribution >= 4 is 0 Å². The van der Waals surface area contributed by atoms with Gasteiger partial charge >= 0.3 is 0 Å². The molecule has 0 aliphatic heterocycles. The van der Waals surface area contributed by atoms with Crippen LogP contribution in [0.5, 0.6) is 0 Å². The number of nitrogens with zero attached hydrogens (tertiary/aromatic N) is 2. The van der Waals surface area contributed by atoms with Crippen molar-refractivity contribution in [3.63, 3.8) is 0 Å². The van der Waals surface area contributed by atoms with Crippen LogP contribution in [0, 0.1) is 5.41 Å². The van der Waals surface area contributed by atoms with Gasteiger partial charge in [0.15, 0.2) is 0 Å². The fraction of sp³-hybridized carbons (Fsp3) is 0.833. The van der Waals surface area contributed by atoms with Gasteiger partial charge in [-0.15, -0.1) is 0 Å². The first kappa shape index (κ1) is 18.2. The Morgan fingerprint density at radius 1 is 1.14 bits per heavy atom. The van der Waals surface area contributed by atoms with Crippen LogP contribution in [-0.2, 0) is 6.42 Å². The van der Waals surface area contributed by atoms with Crippen LogP contribution in [0.4, 0.5) is 0 Å². The Balaban J connectivity index is 2.72. The molecule has 122 valence electrons. The van der Waals surface area contributed by atoms with Crippen LogP contribution in [-0.4, -0.2) is 21.9 Å². The van der Waals surface area contributed by atoms with E-state index in [1.165, 1.54) is 5.69 Å². The number of nitrogens with one attached hydrogen (secondary N) is 1. The van der Waals surface area contributed by atoms with Gasteiger partial charge in [-0.05, 0) is 57.9 Å². The van der Waals surface area contributed by atoms with Crippen molar-refractivity contribution in [2.75, 3.05) is 6.54 Å². The Bertz CT molecular complexity index is 412. The van der Waals surface area contributed by atoms with Crippen LogP contribution in [0.15, 0.2) is 12.3 Å². The van der Waals surface area contributed by atoms with Gasteiger partial charge in [0, 0.05) is 18.3 Å². The summed E-state index contributed by atoms with van der Waals surface area (Å²) >= 11 is 0. The second-order valence-electron chi connectivity index (χ2n) is 7.70. The topological polar surface area (TPSA) is 29.9 Å². The molecular weight excluding hydrogens is 258 g/mol. The van der Waals surface area contributed by atoms with Gasteiger partial charge in [-0.2, -0.15) is 5.10 Å². The maximum absolute atomic E-state index is 4.82. The van der Waals surface area contributed by atoms with Crippen LogP contribution in [0.1, 0.15) is 79.5 Å². The molecule has 1 aromatic rings. The van der Waals surface area contributed by atoms with E-state index < -0.39 is 0 Å². The Hall–Kier alpha value is -0.830. The molecule has 0 bridgehead atoms. The number of hydrogen-bond acceptors (Lipinski definition) is 2. The van der Waals surface area contributed by atoms with Crippen molar-refractivity contribution in [3.8, 4) is 0 Å². The monoisotopic (exact) mass is 293 g/mol. The predicted octanol–water partition coefficient (Wildman–Crippen LogP) is 4.59. The summed E-state index contributed by atoms with van der Waals surface area (Å²) in [6.45, 7) is 16.8. The van der Waals surface area contributed by atoms with E-state index in [0.717, 1.165) is 32.2 Å². The van der Waals surface area contributed by atoms with Gasteiger partial charge in [0.05, 0.1) is 11.7 Å². The van der Waals surface area contributed by atoms with Gasteiger partial charge in [-0.3, -0.25) is 4.68 Å². The molecule has 0 amide bonds. The quantitative estimate of drug-likeness (QED) is 0.759. The highest BCUT2D eigenvalue weighted by Crippen LogP contribution is 2.26. The number of aromatic nitrogens is 2. The van der Waals surface area contributed by atoms with Crippen LogP contribution in [0.2, 0.25) is 0 Å². The minimum absolute atomic E-state index is 0.172. The highest BCUT2D eigenvalue weighted by Gasteiger charge is 2.26. The molecule has 0 aliphatic carbocycles. The molecule has 1 N–H and O–H groups in total. The molecule has 1 unspecified atom stereocenters. The molecule has 0 spiro atoms. The summed E-state index contributed by atoms with van der Waals surface area (Å²) in [6, 6.07) is 2.74. The molecule has 3 heteroatoms. The van der Waals surface area contributed by atoms with Crippen molar-refractivity contribution in [2.24, 2.45) is 5.41 Å². The standard InChI is InChI=1S/C18H35N3/c1-8-16(9-2)21-12-11-15(20-21)13-18(7,10-3)14-19-17(4,5)6/h11-12,16,19H,8-10,13-14H2,1-7H3. The average Bonchev–Trinajstić information content (AvgIpc) is 2.85. The second kappa shape index (κ2) is 7.44. The summed E-state index contributed by atoms with van der Waals surface area (Å²) in [5.41, 5.74) is 1.66. The lowest BCUT2D eigenvalue weighted by atomic mass is 9.82.